The lowest BCUT2D eigenvalue weighted by atomic mass is 9.87. The van der Waals surface area contributed by atoms with Gasteiger partial charge in [-0.05, 0) is 11.6 Å². The van der Waals surface area contributed by atoms with Gasteiger partial charge in [0, 0.05) is 5.69 Å². The third kappa shape index (κ3) is 1.33. The molecule has 1 aliphatic heterocycles. The van der Waals surface area contributed by atoms with Gasteiger partial charge in [-0.3, -0.25) is 0 Å². The Morgan fingerprint density at radius 1 is 1.27 bits per heavy atom. The van der Waals surface area contributed by atoms with Gasteiger partial charge in [-0.25, -0.2) is 0 Å². The average molecular weight is 208 g/mol. The lowest BCUT2D eigenvalue weighted by Gasteiger charge is -2.14. The zero-order valence-electron chi connectivity index (χ0n) is 5.92. The number of hydrogen-bond donors (Lipinski definition) is 1. The summed E-state index contributed by atoms with van der Waals surface area (Å²) in [4.78, 5) is 0. The molecule has 1 aliphatic rings. The van der Waals surface area contributed by atoms with Crippen molar-refractivity contribution in [1.82, 2.24) is 0 Å². The van der Waals surface area contributed by atoms with Gasteiger partial charge in [-0.15, -0.1) is 15.8 Å². The van der Waals surface area contributed by atoms with E-state index in [0.29, 0.717) is 0 Å². The van der Waals surface area contributed by atoms with Gasteiger partial charge in [0.25, 0.3) is 0 Å². The third-order valence-electron chi connectivity index (χ3n) is 1.70. The molecule has 1 aromatic carbocycles. The topological polar surface area (TPSA) is 12.0 Å². The van der Waals surface area contributed by atoms with E-state index >= 15 is 0 Å². The van der Waals surface area contributed by atoms with E-state index in [4.69, 9.17) is 0 Å². The number of nitrogens with one attached hydrogen (secondary N) is 1. The van der Waals surface area contributed by atoms with E-state index in [2.05, 4.69) is 45.2 Å². The van der Waals surface area contributed by atoms with Crippen LogP contribution in [0.3, 0.4) is 0 Å². The SMILES string of the molecule is BrB1C=Cc2ccccc2N1. The van der Waals surface area contributed by atoms with Crippen LogP contribution in [0.5, 0.6) is 0 Å². The minimum Gasteiger partial charge on any atom is -0.415 e. The molecule has 0 atom stereocenters. The number of hydrogen-bond acceptors (Lipinski definition) is 1. The first-order chi connectivity index (χ1) is 5.36. The molecule has 3 heteroatoms. The maximum atomic E-state index is 3.46. The van der Waals surface area contributed by atoms with Crippen LogP contribution in [0.1, 0.15) is 5.56 Å². The van der Waals surface area contributed by atoms with Crippen molar-refractivity contribution in [1.29, 1.82) is 0 Å². The predicted molar refractivity (Wildman–Crippen MR) is 53.8 cm³/mol. The second kappa shape index (κ2) is 2.74. The van der Waals surface area contributed by atoms with Gasteiger partial charge in [0.15, 0.2) is 0 Å². The second-order valence-corrected chi connectivity index (χ2v) is 3.48. The summed E-state index contributed by atoms with van der Waals surface area (Å²) in [6, 6.07) is 8.24. The number of anilines is 1. The molecular weight excluding hydrogens is 201 g/mol. The largest absolute Gasteiger partial charge is 0.415 e. The van der Waals surface area contributed by atoms with Gasteiger partial charge >= 0.3 is 5.67 Å². The van der Waals surface area contributed by atoms with Crippen LogP contribution < -0.4 is 5.23 Å². The molecule has 1 aromatic rings. The molecule has 0 aliphatic carbocycles. The smallest absolute Gasteiger partial charge is 0.357 e. The fraction of sp³-hybridized carbons (Fsp3) is 0. The zero-order valence-corrected chi connectivity index (χ0v) is 7.51. The molecule has 0 amide bonds. The molecular formula is C8H7BBrN. The van der Waals surface area contributed by atoms with Crippen molar-refractivity contribution < 1.29 is 0 Å². The molecule has 1 N–H and O–H groups in total. The first kappa shape index (κ1) is 6.98. The van der Waals surface area contributed by atoms with Crippen molar-refractivity contribution >= 4 is 33.2 Å². The minimum atomic E-state index is 0.275. The van der Waals surface area contributed by atoms with Crippen LogP contribution in [-0.4, -0.2) is 5.67 Å². The van der Waals surface area contributed by atoms with Crippen molar-refractivity contribution in [3.8, 4) is 0 Å². The minimum absolute atomic E-state index is 0.275. The summed E-state index contributed by atoms with van der Waals surface area (Å²) in [6.45, 7) is 0. The molecule has 1 nitrogen and oxygen atoms in total. The van der Waals surface area contributed by atoms with E-state index in [9.17, 15) is 0 Å². The Labute approximate surface area is 74.6 Å². The van der Waals surface area contributed by atoms with E-state index in [1.165, 1.54) is 11.3 Å². The average Bonchev–Trinajstić information content (AvgIpc) is 2.04. The molecule has 0 fully saturated rings. The molecule has 11 heavy (non-hydrogen) atoms. The zero-order chi connectivity index (χ0) is 7.68. The molecule has 0 saturated carbocycles. The molecule has 54 valence electrons. The van der Waals surface area contributed by atoms with E-state index in [1.807, 2.05) is 12.1 Å². The maximum Gasteiger partial charge on any atom is 0.357 e. The lowest BCUT2D eigenvalue weighted by molar-refractivity contribution is 1.61. The van der Waals surface area contributed by atoms with Gasteiger partial charge < -0.3 is 5.23 Å². The second-order valence-electron chi connectivity index (χ2n) is 2.49. The highest BCUT2D eigenvalue weighted by Crippen LogP contribution is 2.22. The van der Waals surface area contributed by atoms with E-state index in [1.54, 1.807) is 0 Å². The number of fused-ring (bicyclic) bond motifs is 1. The van der Waals surface area contributed by atoms with Crippen LogP contribution in [0.2, 0.25) is 0 Å². The highest BCUT2D eigenvalue weighted by molar-refractivity contribution is 9.25. The molecule has 0 bridgehead atoms. The highest BCUT2D eigenvalue weighted by atomic mass is 79.9. The van der Waals surface area contributed by atoms with Gasteiger partial charge in [-0.1, -0.05) is 30.3 Å². The summed E-state index contributed by atoms with van der Waals surface area (Å²) in [5.74, 6) is 2.09. The molecule has 0 aromatic heterocycles. The summed E-state index contributed by atoms with van der Waals surface area (Å²) >= 11 is 3.46. The summed E-state index contributed by atoms with van der Waals surface area (Å²) in [7, 11) is 0. The fourth-order valence-corrected chi connectivity index (χ4v) is 1.56. The number of halogens is 1. The normalized spacial score (nSPS) is 14.1. The maximum absolute atomic E-state index is 3.46. The highest BCUT2D eigenvalue weighted by Gasteiger charge is 2.11. The van der Waals surface area contributed by atoms with Crippen LogP contribution in [0.15, 0.2) is 30.2 Å². The van der Waals surface area contributed by atoms with Crippen molar-refractivity contribution in [3.05, 3.63) is 35.8 Å². The van der Waals surface area contributed by atoms with Crippen LogP contribution >= 0.6 is 15.8 Å². The standard InChI is InChI=1S/C8H7BBrN/c10-9-6-5-7-3-1-2-4-8(7)11-9/h1-6,11H. The van der Waals surface area contributed by atoms with Crippen LogP contribution in [0, 0.1) is 0 Å². The molecule has 0 spiro atoms. The van der Waals surface area contributed by atoms with E-state index < -0.39 is 0 Å². The molecule has 0 saturated heterocycles. The third-order valence-corrected chi connectivity index (χ3v) is 2.23. The van der Waals surface area contributed by atoms with Crippen molar-refractivity contribution in [2.24, 2.45) is 0 Å². The summed E-state index contributed by atoms with van der Waals surface area (Å²) in [5, 5.41) is 3.29. The number of para-hydroxylation sites is 1. The Hall–Kier alpha value is -0.695. The summed E-state index contributed by atoms with van der Waals surface area (Å²) < 4.78 is 0. The molecule has 1 heterocycles. The van der Waals surface area contributed by atoms with Crippen LogP contribution in [0.25, 0.3) is 6.08 Å². The summed E-state index contributed by atoms with van der Waals surface area (Å²) in [5.41, 5.74) is 2.72. The van der Waals surface area contributed by atoms with Crippen LogP contribution in [0.4, 0.5) is 5.69 Å². The Morgan fingerprint density at radius 3 is 3.00 bits per heavy atom. The lowest BCUT2D eigenvalue weighted by Crippen LogP contribution is -2.17. The van der Waals surface area contributed by atoms with Gasteiger partial charge in [-0.2, -0.15) is 0 Å². The quantitative estimate of drug-likeness (QED) is 0.645. The van der Waals surface area contributed by atoms with E-state index in [-0.39, 0.29) is 5.67 Å². The van der Waals surface area contributed by atoms with Gasteiger partial charge in [0.2, 0.25) is 0 Å². The number of rotatable bonds is 0. The number of benzene rings is 1. The monoisotopic (exact) mass is 207 g/mol. The summed E-state index contributed by atoms with van der Waals surface area (Å²) in [6.07, 6.45) is 2.12. The Kier molecular flexibility index (Phi) is 1.74. The van der Waals surface area contributed by atoms with E-state index in [0.717, 1.165) is 0 Å². The first-order valence-corrected chi connectivity index (χ1v) is 4.46. The Balaban J connectivity index is 2.46. The van der Waals surface area contributed by atoms with Gasteiger partial charge in [0.1, 0.15) is 0 Å². The Morgan fingerprint density at radius 2 is 2.09 bits per heavy atom. The molecule has 0 radical (unpaired) electrons. The van der Waals surface area contributed by atoms with Crippen molar-refractivity contribution in [2.75, 3.05) is 5.23 Å². The molecule has 2 rings (SSSR count). The van der Waals surface area contributed by atoms with Crippen molar-refractivity contribution in [2.45, 2.75) is 0 Å². The predicted octanol–water partition coefficient (Wildman–Crippen LogP) is 2.55. The first-order valence-electron chi connectivity index (χ1n) is 3.54. The fourth-order valence-electron chi connectivity index (χ4n) is 1.16. The molecule has 0 unspecified atom stereocenters. The van der Waals surface area contributed by atoms with Crippen LogP contribution in [-0.2, 0) is 0 Å². The van der Waals surface area contributed by atoms with Crippen molar-refractivity contribution in [3.63, 3.8) is 0 Å². The van der Waals surface area contributed by atoms with Gasteiger partial charge in [0.05, 0.1) is 0 Å². The Bertz CT molecular complexity index is 298.